The van der Waals surface area contributed by atoms with E-state index in [2.05, 4.69) is 10.3 Å². The third kappa shape index (κ3) is 4.39. The van der Waals surface area contributed by atoms with Crippen LogP contribution >= 0.6 is 11.6 Å². The summed E-state index contributed by atoms with van der Waals surface area (Å²) in [6, 6.07) is 4.14. The van der Waals surface area contributed by atoms with Gasteiger partial charge in [0.2, 0.25) is 5.82 Å². The molecular weight excluding hydrogens is 375 g/mol. The molecule has 0 fully saturated rings. The van der Waals surface area contributed by atoms with Crippen molar-refractivity contribution in [2.45, 2.75) is 33.7 Å². The normalized spacial score (nSPS) is 10.8. The van der Waals surface area contributed by atoms with Crippen LogP contribution in [0.25, 0.3) is 0 Å². The number of anilines is 3. The summed E-state index contributed by atoms with van der Waals surface area (Å²) in [4.78, 5) is 17.5. The van der Waals surface area contributed by atoms with Gasteiger partial charge in [0.25, 0.3) is 0 Å². The van der Waals surface area contributed by atoms with Gasteiger partial charge in [0, 0.05) is 30.4 Å². The number of pyridine rings is 1. The minimum absolute atomic E-state index is 0.000525. The molecule has 2 aromatic rings. The van der Waals surface area contributed by atoms with Crippen molar-refractivity contribution in [1.29, 1.82) is 0 Å². The predicted molar refractivity (Wildman–Crippen MR) is 105 cm³/mol. The molecule has 0 aliphatic carbocycles. The fourth-order valence-corrected chi connectivity index (χ4v) is 3.06. The molecule has 0 spiro atoms. The fraction of sp³-hybridized carbons (Fsp3) is 0.389. The minimum atomic E-state index is -0.641. The highest BCUT2D eigenvalue weighted by Gasteiger charge is 2.27. The van der Waals surface area contributed by atoms with Gasteiger partial charge in [0.15, 0.2) is 11.6 Å². The van der Waals surface area contributed by atoms with Gasteiger partial charge in [-0.05, 0) is 33.8 Å². The van der Waals surface area contributed by atoms with E-state index < -0.39 is 10.7 Å². The quantitative estimate of drug-likeness (QED) is 0.519. The molecule has 0 radical (unpaired) electrons. The van der Waals surface area contributed by atoms with E-state index in [1.165, 1.54) is 13.2 Å². The van der Waals surface area contributed by atoms with Crippen molar-refractivity contribution in [3.05, 3.63) is 44.8 Å². The Kier molecular flexibility index (Phi) is 6.43. The van der Waals surface area contributed by atoms with Gasteiger partial charge in [-0.25, -0.2) is 9.37 Å². The summed E-state index contributed by atoms with van der Waals surface area (Å²) in [6.45, 7) is 8.14. The number of aromatic nitrogens is 1. The molecule has 2 rings (SSSR count). The first-order valence-electron chi connectivity index (χ1n) is 8.42. The Morgan fingerprint density at radius 3 is 2.59 bits per heavy atom. The maximum atomic E-state index is 14.1. The zero-order chi connectivity index (χ0) is 20.3. The Morgan fingerprint density at radius 1 is 1.41 bits per heavy atom. The summed E-state index contributed by atoms with van der Waals surface area (Å²) in [7, 11) is 1.33. The first kappa shape index (κ1) is 20.7. The predicted octanol–water partition coefficient (Wildman–Crippen LogP) is 5.08. The Morgan fingerprint density at radius 2 is 2.07 bits per heavy atom. The third-order valence-electron chi connectivity index (χ3n) is 4.05. The average Bonchev–Trinajstić information content (AvgIpc) is 2.57. The van der Waals surface area contributed by atoms with Crippen molar-refractivity contribution < 1.29 is 14.1 Å². The maximum Gasteiger partial charge on any atom is 0.334 e. The maximum absolute atomic E-state index is 14.1. The van der Waals surface area contributed by atoms with Gasteiger partial charge >= 0.3 is 5.69 Å². The molecule has 0 amide bonds. The van der Waals surface area contributed by atoms with Crippen molar-refractivity contribution in [2.24, 2.45) is 0 Å². The van der Waals surface area contributed by atoms with Crippen LogP contribution in [0.3, 0.4) is 0 Å². The van der Waals surface area contributed by atoms with Crippen molar-refractivity contribution >= 4 is 34.5 Å². The molecule has 1 aromatic carbocycles. The number of rotatable bonds is 7. The lowest BCUT2D eigenvalue weighted by Gasteiger charge is -2.27. The standard InChI is InChI=1S/C18H22ClFN4O3/c1-6-23(10(2)3)15-7-11(4)21-18(17(15)24(25)26)22-14-9-13(20)16(27-5)8-12(14)19/h7-10H,6H2,1-5H3,(H,21,22). The fourth-order valence-electron chi connectivity index (χ4n) is 2.86. The van der Waals surface area contributed by atoms with Gasteiger partial charge in [0.1, 0.15) is 5.69 Å². The Bertz CT molecular complexity index is 861. The van der Waals surface area contributed by atoms with Crippen LogP contribution in [0.4, 0.5) is 27.3 Å². The van der Waals surface area contributed by atoms with Crippen LogP contribution in [0, 0.1) is 22.9 Å². The van der Waals surface area contributed by atoms with E-state index in [4.69, 9.17) is 16.3 Å². The summed E-state index contributed by atoms with van der Waals surface area (Å²) >= 11 is 6.16. The van der Waals surface area contributed by atoms with Crippen LogP contribution in [0.1, 0.15) is 26.5 Å². The molecule has 7 nitrogen and oxygen atoms in total. The number of nitrogens with one attached hydrogen (secondary N) is 1. The topological polar surface area (TPSA) is 80.5 Å². The second kappa shape index (κ2) is 8.39. The summed E-state index contributed by atoms with van der Waals surface area (Å²) in [5.41, 5.74) is 0.998. The largest absolute Gasteiger partial charge is 0.494 e. The van der Waals surface area contributed by atoms with E-state index in [-0.39, 0.29) is 34.0 Å². The minimum Gasteiger partial charge on any atom is -0.494 e. The lowest BCUT2D eigenvalue weighted by molar-refractivity contribution is -0.383. The number of hydrogen-bond acceptors (Lipinski definition) is 6. The lowest BCUT2D eigenvalue weighted by Crippen LogP contribution is -2.31. The number of ether oxygens (including phenoxy) is 1. The number of benzene rings is 1. The highest BCUT2D eigenvalue weighted by Crippen LogP contribution is 2.39. The molecular formula is C18H22ClFN4O3. The average molecular weight is 397 g/mol. The van der Waals surface area contributed by atoms with Gasteiger partial charge in [0.05, 0.1) is 22.7 Å². The molecule has 27 heavy (non-hydrogen) atoms. The van der Waals surface area contributed by atoms with E-state index in [9.17, 15) is 14.5 Å². The second-order valence-corrected chi connectivity index (χ2v) is 6.62. The molecule has 0 saturated heterocycles. The van der Waals surface area contributed by atoms with Crippen LogP contribution < -0.4 is 15.0 Å². The number of methoxy groups -OCH3 is 1. The molecule has 0 saturated carbocycles. The number of nitro groups is 1. The van der Waals surface area contributed by atoms with E-state index in [0.29, 0.717) is 17.9 Å². The Hall–Kier alpha value is -2.61. The number of nitrogens with zero attached hydrogens (tertiary/aromatic N) is 3. The van der Waals surface area contributed by atoms with Crippen LogP contribution in [0.5, 0.6) is 5.75 Å². The molecule has 146 valence electrons. The monoisotopic (exact) mass is 396 g/mol. The van der Waals surface area contributed by atoms with E-state index >= 15 is 0 Å². The SMILES string of the molecule is CCN(c1cc(C)nc(Nc2cc(F)c(OC)cc2Cl)c1[N+](=O)[O-])C(C)C. The van der Waals surface area contributed by atoms with Crippen molar-refractivity contribution in [3.8, 4) is 5.75 Å². The van der Waals surface area contributed by atoms with Gasteiger partial charge in [-0.15, -0.1) is 0 Å². The van der Waals surface area contributed by atoms with Crippen LogP contribution in [-0.2, 0) is 0 Å². The van der Waals surface area contributed by atoms with Crippen LogP contribution in [0.2, 0.25) is 5.02 Å². The zero-order valence-corrected chi connectivity index (χ0v) is 16.6. The number of hydrogen-bond donors (Lipinski definition) is 1. The molecule has 0 unspecified atom stereocenters. The third-order valence-corrected chi connectivity index (χ3v) is 4.36. The molecule has 0 bridgehead atoms. The second-order valence-electron chi connectivity index (χ2n) is 6.21. The first-order valence-corrected chi connectivity index (χ1v) is 8.80. The Labute approximate surface area is 162 Å². The van der Waals surface area contributed by atoms with Crippen molar-refractivity contribution in [1.82, 2.24) is 4.98 Å². The smallest absolute Gasteiger partial charge is 0.334 e. The van der Waals surface area contributed by atoms with E-state index in [1.54, 1.807) is 13.0 Å². The zero-order valence-electron chi connectivity index (χ0n) is 15.8. The van der Waals surface area contributed by atoms with Crippen LogP contribution in [-0.4, -0.2) is 29.6 Å². The molecule has 0 atom stereocenters. The van der Waals surface area contributed by atoms with Gasteiger partial charge in [-0.2, -0.15) is 0 Å². The van der Waals surface area contributed by atoms with Gasteiger partial charge in [-0.3, -0.25) is 10.1 Å². The first-order chi connectivity index (χ1) is 12.7. The number of aryl methyl sites for hydroxylation is 1. The molecule has 1 N–H and O–H groups in total. The van der Waals surface area contributed by atoms with Gasteiger partial charge < -0.3 is 15.0 Å². The van der Waals surface area contributed by atoms with Crippen molar-refractivity contribution in [2.75, 3.05) is 23.9 Å². The molecule has 0 aliphatic heterocycles. The molecule has 0 aliphatic rings. The van der Waals surface area contributed by atoms with Crippen molar-refractivity contribution in [3.63, 3.8) is 0 Å². The molecule has 1 aromatic heterocycles. The lowest BCUT2D eigenvalue weighted by atomic mass is 10.2. The van der Waals surface area contributed by atoms with E-state index in [1.807, 2.05) is 25.7 Å². The van der Waals surface area contributed by atoms with Gasteiger partial charge in [-0.1, -0.05) is 11.6 Å². The Balaban J connectivity index is 2.62. The number of halogens is 2. The molecule has 9 heteroatoms. The summed E-state index contributed by atoms with van der Waals surface area (Å²) < 4.78 is 18.9. The highest BCUT2D eigenvalue weighted by atomic mass is 35.5. The van der Waals surface area contributed by atoms with E-state index in [0.717, 1.165) is 6.07 Å². The highest BCUT2D eigenvalue weighted by molar-refractivity contribution is 6.33. The summed E-state index contributed by atoms with van der Waals surface area (Å²) in [6.07, 6.45) is 0. The summed E-state index contributed by atoms with van der Waals surface area (Å²) in [5, 5.41) is 14.8. The molecule has 1 heterocycles. The summed E-state index contributed by atoms with van der Waals surface area (Å²) in [5.74, 6) is -0.659. The van der Waals surface area contributed by atoms with Crippen LogP contribution in [0.15, 0.2) is 18.2 Å².